The van der Waals surface area contributed by atoms with Gasteiger partial charge in [0.2, 0.25) is 0 Å². The van der Waals surface area contributed by atoms with Crippen molar-refractivity contribution in [3.63, 3.8) is 0 Å². The number of carbonyl (C=O) groups excluding carboxylic acids is 2. The average molecular weight is 559 g/mol. The number of rotatable bonds is 10. The third-order valence-electron chi connectivity index (χ3n) is 4.65. The van der Waals surface area contributed by atoms with Gasteiger partial charge in [-0.2, -0.15) is 8.42 Å². The van der Waals surface area contributed by atoms with Crippen LogP contribution >= 0.6 is 0 Å². The fourth-order valence-corrected chi connectivity index (χ4v) is 3.80. The third-order valence-corrected chi connectivity index (χ3v) is 5.57. The Balaban J connectivity index is 0.00000481. The van der Waals surface area contributed by atoms with Gasteiger partial charge in [0.15, 0.2) is 11.6 Å². The van der Waals surface area contributed by atoms with Crippen molar-refractivity contribution in [3.8, 4) is 5.75 Å². The van der Waals surface area contributed by atoms with E-state index in [1.165, 1.54) is 24.3 Å². The molecule has 0 bridgehead atoms. The quantitative estimate of drug-likeness (QED) is 0.325. The number of halogens is 2. The van der Waals surface area contributed by atoms with Crippen molar-refractivity contribution in [3.05, 3.63) is 89.5 Å². The Labute approximate surface area is 255 Å². The Morgan fingerprint density at radius 1 is 0.946 bits per heavy atom. The summed E-state index contributed by atoms with van der Waals surface area (Å²) in [6.45, 7) is 1.81. The van der Waals surface area contributed by atoms with E-state index < -0.39 is 33.8 Å². The molecule has 0 spiro atoms. The van der Waals surface area contributed by atoms with Gasteiger partial charge in [-0.25, -0.2) is 18.3 Å². The molecule has 3 rings (SSSR count). The molecule has 3 N–H and O–H groups in total. The predicted molar refractivity (Wildman–Crippen MR) is 135 cm³/mol. The summed E-state index contributed by atoms with van der Waals surface area (Å²) in [5.41, 5.74) is 0.742. The molecular formula is C24H23F2KN3O6S. The first kappa shape index (κ1) is 30.7. The number of ether oxygens (including phenoxy) is 2. The maximum Gasteiger partial charge on any atom is 0.422 e. The molecule has 0 aromatic heterocycles. The molecular weight excluding hydrogens is 535 g/mol. The normalized spacial score (nSPS) is 10.6. The SMILES string of the molecule is CCOc1ccc(C(=O)Nc2ccc(F)c(F)c2)cc1NS(=O)(=O)NC(=O)OCCc1ccccc1.[K]. The van der Waals surface area contributed by atoms with Gasteiger partial charge in [-0.15, -0.1) is 0 Å². The minimum atomic E-state index is -4.46. The molecule has 13 heteroatoms. The second-order valence-corrected chi connectivity index (χ2v) is 8.72. The molecule has 0 atom stereocenters. The third kappa shape index (κ3) is 9.68. The zero-order chi connectivity index (χ0) is 26.1. The van der Waals surface area contributed by atoms with Crippen molar-refractivity contribution in [2.75, 3.05) is 23.3 Å². The number of hydrogen-bond acceptors (Lipinski definition) is 6. The monoisotopic (exact) mass is 558 g/mol. The maximum atomic E-state index is 13.4. The van der Waals surface area contributed by atoms with E-state index in [9.17, 15) is 26.8 Å². The van der Waals surface area contributed by atoms with Crippen LogP contribution in [0.3, 0.4) is 0 Å². The van der Waals surface area contributed by atoms with Crippen molar-refractivity contribution < 1.29 is 36.3 Å². The van der Waals surface area contributed by atoms with Gasteiger partial charge in [-0.3, -0.25) is 9.52 Å². The topological polar surface area (TPSA) is 123 Å². The van der Waals surface area contributed by atoms with Crippen LogP contribution in [-0.4, -0.2) is 85.0 Å². The fraction of sp³-hybridized carbons (Fsp3) is 0.167. The molecule has 1 radical (unpaired) electrons. The van der Waals surface area contributed by atoms with Gasteiger partial charge in [-0.1, -0.05) is 30.3 Å². The second kappa shape index (κ2) is 14.4. The Morgan fingerprint density at radius 3 is 2.35 bits per heavy atom. The molecule has 3 aromatic rings. The molecule has 0 saturated carbocycles. The number of nitrogens with one attached hydrogen (secondary N) is 3. The van der Waals surface area contributed by atoms with Gasteiger partial charge >= 0.3 is 16.3 Å². The van der Waals surface area contributed by atoms with Gasteiger partial charge in [0.1, 0.15) is 5.75 Å². The van der Waals surface area contributed by atoms with Crippen LogP contribution < -0.4 is 19.5 Å². The van der Waals surface area contributed by atoms with Gasteiger partial charge < -0.3 is 14.8 Å². The molecule has 9 nitrogen and oxygen atoms in total. The number of carbonyl (C=O) groups is 2. The van der Waals surface area contributed by atoms with E-state index in [-0.39, 0.29) is 87.3 Å². The Bertz CT molecular complexity index is 1340. The van der Waals surface area contributed by atoms with Crippen LogP contribution in [0, 0.1) is 11.6 Å². The van der Waals surface area contributed by atoms with Crippen LogP contribution in [0.4, 0.5) is 25.0 Å². The van der Waals surface area contributed by atoms with Crippen LogP contribution in [0.25, 0.3) is 0 Å². The summed E-state index contributed by atoms with van der Waals surface area (Å²) in [4.78, 5) is 24.5. The summed E-state index contributed by atoms with van der Waals surface area (Å²) in [5, 5.41) is 2.38. The molecule has 0 aliphatic heterocycles. The summed E-state index contributed by atoms with van der Waals surface area (Å²) >= 11 is 0. The van der Waals surface area contributed by atoms with E-state index in [1.807, 2.05) is 30.3 Å². The molecule has 2 amide bonds. The molecule has 0 heterocycles. The summed E-state index contributed by atoms with van der Waals surface area (Å²) in [6.07, 6.45) is -0.797. The zero-order valence-electron chi connectivity index (χ0n) is 20.1. The summed E-state index contributed by atoms with van der Waals surface area (Å²) in [5.74, 6) is -2.85. The van der Waals surface area contributed by atoms with Gasteiger partial charge in [0, 0.05) is 75.1 Å². The Morgan fingerprint density at radius 2 is 1.68 bits per heavy atom. The predicted octanol–water partition coefficient (Wildman–Crippen LogP) is 3.86. The zero-order valence-corrected chi connectivity index (χ0v) is 24.0. The van der Waals surface area contributed by atoms with Crippen LogP contribution in [-0.2, 0) is 21.4 Å². The summed E-state index contributed by atoms with van der Waals surface area (Å²) in [7, 11) is -4.46. The largest absolute Gasteiger partial charge is 0.492 e. The number of hydrogen-bond donors (Lipinski definition) is 3. The molecule has 3 aromatic carbocycles. The van der Waals surface area contributed by atoms with Crippen LogP contribution in [0.15, 0.2) is 66.7 Å². The van der Waals surface area contributed by atoms with Crippen LogP contribution in [0.5, 0.6) is 5.75 Å². The second-order valence-electron chi connectivity index (χ2n) is 7.31. The Hall–Kier alpha value is -2.55. The fourth-order valence-electron chi connectivity index (χ4n) is 3.03. The van der Waals surface area contributed by atoms with E-state index in [2.05, 4.69) is 10.0 Å². The summed E-state index contributed by atoms with van der Waals surface area (Å²) in [6, 6.07) is 15.9. The smallest absolute Gasteiger partial charge is 0.422 e. The maximum absolute atomic E-state index is 13.4. The molecule has 0 aliphatic carbocycles. The van der Waals surface area contributed by atoms with Crippen LogP contribution in [0.1, 0.15) is 22.8 Å². The molecule has 0 saturated heterocycles. The Kier molecular flexibility index (Phi) is 11.9. The van der Waals surface area contributed by atoms with E-state index in [0.717, 1.165) is 17.7 Å². The van der Waals surface area contributed by atoms with E-state index in [1.54, 1.807) is 11.6 Å². The summed E-state index contributed by atoms with van der Waals surface area (Å²) < 4.78 is 65.7. The van der Waals surface area contributed by atoms with Crippen molar-refractivity contribution in [1.82, 2.24) is 4.72 Å². The van der Waals surface area contributed by atoms with E-state index >= 15 is 0 Å². The van der Waals surface area contributed by atoms with Crippen molar-refractivity contribution in [2.45, 2.75) is 13.3 Å². The molecule has 37 heavy (non-hydrogen) atoms. The molecule has 0 unspecified atom stereocenters. The number of benzene rings is 3. The van der Waals surface area contributed by atoms with Crippen molar-refractivity contribution in [1.29, 1.82) is 0 Å². The molecule has 0 aliphatic rings. The van der Waals surface area contributed by atoms with Gasteiger partial charge in [0.05, 0.1) is 18.9 Å². The first-order chi connectivity index (χ1) is 17.2. The molecule has 0 fully saturated rings. The number of amides is 2. The average Bonchev–Trinajstić information content (AvgIpc) is 2.82. The van der Waals surface area contributed by atoms with Crippen molar-refractivity contribution >= 4 is 85.0 Å². The van der Waals surface area contributed by atoms with Gasteiger partial charge in [-0.05, 0) is 42.8 Å². The van der Waals surface area contributed by atoms with Crippen molar-refractivity contribution in [2.24, 2.45) is 0 Å². The molecule has 191 valence electrons. The first-order valence-corrected chi connectivity index (χ1v) is 12.2. The van der Waals surface area contributed by atoms with Gasteiger partial charge in [0.25, 0.3) is 5.91 Å². The standard InChI is InChI=1S/C24H23F2N3O6S.K/c1-2-34-22-11-8-17(23(30)27-18-9-10-19(25)20(26)15-18)14-21(22)28-36(32,33)29-24(31)35-13-12-16-6-4-3-5-7-16;/h3-11,14-15,28H,2,12-13H2,1H3,(H,27,30)(H,29,31);. The van der Waals surface area contributed by atoms with E-state index in [0.29, 0.717) is 6.42 Å². The minimum Gasteiger partial charge on any atom is -0.492 e. The van der Waals surface area contributed by atoms with Crippen LogP contribution in [0.2, 0.25) is 0 Å². The first-order valence-electron chi connectivity index (χ1n) is 10.7. The minimum absolute atomic E-state index is 0. The van der Waals surface area contributed by atoms with E-state index in [4.69, 9.17) is 9.47 Å². The number of anilines is 2.